The van der Waals surface area contributed by atoms with Crippen LogP contribution in [0.2, 0.25) is 0 Å². The predicted octanol–water partition coefficient (Wildman–Crippen LogP) is 3.04. The molecule has 114 valence electrons. The van der Waals surface area contributed by atoms with Gasteiger partial charge in [-0.25, -0.2) is 4.79 Å². The fourth-order valence-corrected chi connectivity index (χ4v) is 2.54. The highest BCUT2D eigenvalue weighted by Crippen LogP contribution is 2.28. The molecule has 1 heterocycles. The third-order valence-electron chi connectivity index (χ3n) is 3.61. The molecule has 1 aliphatic rings. The Morgan fingerprint density at radius 1 is 1.18 bits per heavy atom. The van der Waals surface area contributed by atoms with Gasteiger partial charge in [-0.15, -0.1) is 0 Å². The smallest absolute Gasteiger partial charge is 0.407 e. The van der Waals surface area contributed by atoms with Crippen LogP contribution in [0, 0.1) is 0 Å². The van der Waals surface area contributed by atoms with Gasteiger partial charge in [0.1, 0.15) is 12.4 Å². The molecule has 2 aromatic carbocycles. The van der Waals surface area contributed by atoms with Gasteiger partial charge < -0.3 is 20.1 Å². The third kappa shape index (κ3) is 3.31. The molecule has 1 unspecified atom stereocenters. The molecule has 0 saturated heterocycles. The fraction of sp³-hybridized carbons (Fsp3) is 0.235. The van der Waals surface area contributed by atoms with Gasteiger partial charge in [-0.05, 0) is 17.7 Å². The highest BCUT2D eigenvalue weighted by molar-refractivity contribution is 5.65. The molecule has 0 radical (unpaired) electrons. The zero-order valence-corrected chi connectivity index (χ0v) is 12.1. The van der Waals surface area contributed by atoms with Crippen LogP contribution < -0.4 is 10.1 Å². The van der Waals surface area contributed by atoms with E-state index in [4.69, 9.17) is 4.74 Å². The van der Waals surface area contributed by atoms with E-state index in [2.05, 4.69) is 5.32 Å². The lowest BCUT2D eigenvalue weighted by molar-refractivity contribution is 0.134. The third-order valence-corrected chi connectivity index (χ3v) is 3.61. The van der Waals surface area contributed by atoms with Crippen molar-refractivity contribution in [2.75, 3.05) is 18.5 Å². The van der Waals surface area contributed by atoms with Crippen molar-refractivity contribution in [3.05, 3.63) is 60.2 Å². The number of hydrogen-bond acceptors (Lipinski definition) is 3. The fourth-order valence-electron chi connectivity index (χ4n) is 2.54. The molecule has 1 aliphatic heterocycles. The predicted molar refractivity (Wildman–Crippen MR) is 84.2 cm³/mol. The molecule has 0 fully saturated rings. The van der Waals surface area contributed by atoms with Crippen molar-refractivity contribution in [2.24, 2.45) is 0 Å². The summed E-state index contributed by atoms with van der Waals surface area (Å²) in [5.74, 6) is 0.809. The molecule has 1 atom stereocenters. The minimum Gasteiger partial charge on any atom is -0.489 e. The second-order valence-electron chi connectivity index (χ2n) is 5.30. The molecule has 1 amide bonds. The van der Waals surface area contributed by atoms with Crippen molar-refractivity contribution < 1.29 is 14.6 Å². The number of benzene rings is 2. The first-order valence-corrected chi connectivity index (χ1v) is 7.22. The molecule has 2 N–H and O–H groups in total. The average Bonchev–Trinajstić information content (AvgIpc) is 2.55. The van der Waals surface area contributed by atoms with E-state index in [-0.39, 0.29) is 6.04 Å². The van der Waals surface area contributed by atoms with E-state index < -0.39 is 6.09 Å². The summed E-state index contributed by atoms with van der Waals surface area (Å²) in [5.41, 5.74) is 1.88. The zero-order valence-electron chi connectivity index (χ0n) is 12.1. The summed E-state index contributed by atoms with van der Waals surface area (Å²) in [5, 5.41) is 12.8. The summed E-state index contributed by atoms with van der Waals surface area (Å²) >= 11 is 0. The summed E-state index contributed by atoms with van der Waals surface area (Å²) in [6.07, 6.45) is -0.926. The highest BCUT2D eigenvalue weighted by atomic mass is 16.5. The summed E-state index contributed by atoms with van der Waals surface area (Å²) in [4.78, 5) is 12.9. The minimum absolute atomic E-state index is 0.0605. The monoisotopic (exact) mass is 298 g/mol. The molecule has 22 heavy (non-hydrogen) atoms. The largest absolute Gasteiger partial charge is 0.489 e. The second-order valence-corrected chi connectivity index (χ2v) is 5.30. The summed E-state index contributed by atoms with van der Waals surface area (Å²) in [6.45, 7) is 1.20. The van der Waals surface area contributed by atoms with Crippen molar-refractivity contribution in [3.63, 3.8) is 0 Å². The molecule has 2 aromatic rings. The number of amides is 1. The number of nitrogens with zero attached hydrogens (tertiary/aromatic N) is 1. The van der Waals surface area contributed by atoms with E-state index >= 15 is 0 Å². The molecule has 0 aliphatic carbocycles. The van der Waals surface area contributed by atoms with Crippen LogP contribution >= 0.6 is 0 Å². The molecule has 0 aromatic heterocycles. The van der Waals surface area contributed by atoms with E-state index in [0.717, 1.165) is 17.0 Å². The van der Waals surface area contributed by atoms with Crippen LogP contribution in [-0.4, -0.2) is 35.3 Å². The number of hydrogen-bond donors (Lipinski definition) is 2. The zero-order chi connectivity index (χ0) is 15.4. The van der Waals surface area contributed by atoms with E-state index in [1.807, 2.05) is 54.6 Å². The Morgan fingerprint density at radius 2 is 1.91 bits per heavy atom. The van der Waals surface area contributed by atoms with Gasteiger partial charge in [0.25, 0.3) is 0 Å². The van der Waals surface area contributed by atoms with Crippen LogP contribution in [0.1, 0.15) is 5.56 Å². The quantitative estimate of drug-likeness (QED) is 0.910. The molecular formula is C17H18N2O3. The van der Waals surface area contributed by atoms with Gasteiger partial charge in [0, 0.05) is 13.1 Å². The van der Waals surface area contributed by atoms with Crippen LogP contribution in [-0.2, 0) is 6.54 Å². The standard InChI is InChI=1S/C17H18N2O3/c20-17(21)19(10-13-6-2-1-3-7-13)11-14-12-22-16-9-5-4-8-15(16)18-14/h1-9,14,18H,10-12H2,(H,20,21). The number of para-hydroxylation sites is 2. The van der Waals surface area contributed by atoms with E-state index in [1.54, 1.807) is 0 Å². The minimum atomic E-state index is -0.926. The number of fused-ring (bicyclic) bond motifs is 1. The maximum absolute atomic E-state index is 11.5. The molecule has 0 bridgehead atoms. The van der Waals surface area contributed by atoms with Gasteiger partial charge >= 0.3 is 6.09 Å². The van der Waals surface area contributed by atoms with Gasteiger partial charge in [0.2, 0.25) is 0 Å². The molecule has 3 rings (SSSR count). The number of nitrogens with one attached hydrogen (secondary N) is 1. The van der Waals surface area contributed by atoms with Gasteiger partial charge in [0.15, 0.2) is 0 Å². The van der Waals surface area contributed by atoms with Crippen molar-refractivity contribution in [2.45, 2.75) is 12.6 Å². The van der Waals surface area contributed by atoms with Gasteiger partial charge in [-0.3, -0.25) is 0 Å². The van der Waals surface area contributed by atoms with Crippen molar-refractivity contribution in [3.8, 4) is 5.75 Å². The van der Waals surface area contributed by atoms with Crippen LogP contribution in [0.15, 0.2) is 54.6 Å². The lowest BCUT2D eigenvalue weighted by atomic mass is 10.1. The van der Waals surface area contributed by atoms with Crippen LogP contribution in [0.25, 0.3) is 0 Å². The maximum Gasteiger partial charge on any atom is 0.407 e. The van der Waals surface area contributed by atoms with Gasteiger partial charge in [-0.1, -0.05) is 42.5 Å². The Balaban J connectivity index is 1.66. The van der Waals surface area contributed by atoms with Gasteiger partial charge in [0.05, 0.1) is 11.7 Å². The Hall–Kier alpha value is -2.69. The average molecular weight is 298 g/mol. The van der Waals surface area contributed by atoms with Crippen LogP contribution in [0.4, 0.5) is 10.5 Å². The van der Waals surface area contributed by atoms with Gasteiger partial charge in [-0.2, -0.15) is 0 Å². The van der Waals surface area contributed by atoms with E-state index in [0.29, 0.717) is 19.7 Å². The topological polar surface area (TPSA) is 61.8 Å². The van der Waals surface area contributed by atoms with Crippen molar-refractivity contribution in [1.82, 2.24) is 4.90 Å². The number of carboxylic acid groups (broad SMARTS) is 1. The Bertz CT molecular complexity index is 645. The first kappa shape index (κ1) is 14.3. The Labute approximate surface area is 129 Å². The SMILES string of the molecule is O=C(O)N(Cc1ccccc1)CC1COc2ccccc2N1. The first-order valence-electron chi connectivity index (χ1n) is 7.22. The highest BCUT2D eigenvalue weighted by Gasteiger charge is 2.23. The summed E-state index contributed by atoms with van der Waals surface area (Å²) < 4.78 is 5.68. The Morgan fingerprint density at radius 3 is 2.68 bits per heavy atom. The summed E-state index contributed by atoms with van der Waals surface area (Å²) in [6, 6.07) is 17.2. The van der Waals surface area contributed by atoms with E-state index in [9.17, 15) is 9.90 Å². The first-order chi connectivity index (χ1) is 10.7. The number of carbonyl (C=O) groups is 1. The molecular weight excluding hydrogens is 280 g/mol. The number of anilines is 1. The number of ether oxygens (including phenoxy) is 1. The summed E-state index contributed by atoms with van der Waals surface area (Å²) in [7, 11) is 0. The Kier molecular flexibility index (Phi) is 4.14. The maximum atomic E-state index is 11.5. The van der Waals surface area contributed by atoms with Crippen molar-refractivity contribution >= 4 is 11.8 Å². The van der Waals surface area contributed by atoms with Crippen LogP contribution in [0.5, 0.6) is 5.75 Å². The van der Waals surface area contributed by atoms with Crippen LogP contribution in [0.3, 0.4) is 0 Å². The molecule has 5 nitrogen and oxygen atoms in total. The molecule has 0 saturated carbocycles. The van der Waals surface area contributed by atoms with E-state index in [1.165, 1.54) is 4.90 Å². The lowest BCUT2D eigenvalue weighted by Gasteiger charge is -2.31. The van der Waals surface area contributed by atoms with Crippen molar-refractivity contribution in [1.29, 1.82) is 0 Å². The number of rotatable bonds is 4. The lowest BCUT2D eigenvalue weighted by Crippen LogP contribution is -2.44. The normalized spacial score (nSPS) is 16.1. The molecule has 5 heteroatoms. The second kappa shape index (κ2) is 6.39. The molecule has 0 spiro atoms.